The van der Waals surface area contributed by atoms with Crippen molar-refractivity contribution in [3.8, 4) is 0 Å². The van der Waals surface area contributed by atoms with E-state index in [1.807, 2.05) is 9.80 Å². The number of rotatable bonds is 4. The molecule has 1 atom stereocenters. The van der Waals surface area contributed by atoms with Crippen molar-refractivity contribution in [2.24, 2.45) is 5.92 Å². The summed E-state index contributed by atoms with van der Waals surface area (Å²) >= 11 is 0. The van der Waals surface area contributed by atoms with Crippen LogP contribution >= 0.6 is 0 Å². The number of likely N-dealkylation sites (tertiary alicyclic amines) is 2. The van der Waals surface area contributed by atoms with E-state index in [0.717, 1.165) is 30.2 Å². The lowest BCUT2D eigenvalue weighted by molar-refractivity contribution is -0.308. The van der Waals surface area contributed by atoms with Gasteiger partial charge in [-0.25, -0.2) is 4.79 Å². The number of hydrogen-bond acceptors (Lipinski definition) is 4. The molecule has 3 aliphatic heterocycles. The maximum Gasteiger partial charge on any atom is 0.434 e. The fraction of sp³-hybridized carbons (Fsp3) is 0.731. The Morgan fingerprint density at radius 2 is 1.57 bits per heavy atom. The Bertz CT molecular complexity index is 1040. The number of anilines is 1. The first-order chi connectivity index (χ1) is 18.5. The predicted molar refractivity (Wildman–Crippen MR) is 128 cm³/mol. The summed E-state index contributed by atoms with van der Waals surface area (Å²) in [6.07, 6.45) is -18.3. The summed E-state index contributed by atoms with van der Waals surface area (Å²) in [6, 6.07) is 4.06. The number of carbonyl (C=O) groups excluding carboxylic acids is 1. The van der Waals surface area contributed by atoms with Gasteiger partial charge in [-0.1, -0.05) is 6.92 Å². The minimum absolute atomic E-state index is 0.128. The Hall–Kier alpha value is -2.38. The van der Waals surface area contributed by atoms with Crippen molar-refractivity contribution in [2.45, 2.75) is 82.2 Å². The van der Waals surface area contributed by atoms with Crippen LogP contribution in [0.3, 0.4) is 0 Å². The van der Waals surface area contributed by atoms with Gasteiger partial charge < -0.3 is 14.5 Å². The third kappa shape index (κ3) is 6.91. The van der Waals surface area contributed by atoms with Gasteiger partial charge in [0.25, 0.3) is 6.10 Å². The molecule has 5 nitrogen and oxygen atoms in total. The number of alkyl halides is 9. The molecule has 3 heterocycles. The van der Waals surface area contributed by atoms with Crippen LogP contribution in [0.15, 0.2) is 18.2 Å². The lowest BCUT2D eigenvalue weighted by Crippen LogP contribution is -2.54. The highest BCUT2D eigenvalue weighted by Crippen LogP contribution is 2.42. The van der Waals surface area contributed by atoms with Gasteiger partial charge in [-0.15, -0.1) is 0 Å². The van der Waals surface area contributed by atoms with Crippen molar-refractivity contribution in [1.29, 1.82) is 0 Å². The molecule has 0 saturated carbocycles. The van der Waals surface area contributed by atoms with Gasteiger partial charge in [0.15, 0.2) is 0 Å². The molecule has 0 N–H and O–H groups in total. The third-order valence-electron chi connectivity index (χ3n) is 8.21. The number of benzene rings is 1. The zero-order valence-electron chi connectivity index (χ0n) is 21.9. The third-order valence-corrected chi connectivity index (χ3v) is 8.21. The van der Waals surface area contributed by atoms with E-state index in [-0.39, 0.29) is 32.5 Å². The van der Waals surface area contributed by atoms with Gasteiger partial charge in [0.1, 0.15) is 0 Å². The Balaban J connectivity index is 1.47. The maximum atomic E-state index is 13.8. The fourth-order valence-corrected chi connectivity index (χ4v) is 6.16. The van der Waals surface area contributed by atoms with Gasteiger partial charge in [-0.05, 0) is 74.8 Å². The Morgan fingerprint density at radius 1 is 0.925 bits per heavy atom. The Kier molecular flexibility index (Phi) is 8.51. The van der Waals surface area contributed by atoms with Crippen LogP contribution in [0.5, 0.6) is 0 Å². The van der Waals surface area contributed by atoms with E-state index in [1.54, 1.807) is 6.07 Å². The topological polar surface area (TPSA) is 36.0 Å². The van der Waals surface area contributed by atoms with E-state index in [9.17, 15) is 44.3 Å². The van der Waals surface area contributed by atoms with Crippen molar-refractivity contribution < 1.29 is 49.0 Å². The molecule has 4 rings (SSSR count). The van der Waals surface area contributed by atoms with Crippen molar-refractivity contribution in [2.75, 3.05) is 37.6 Å². The predicted octanol–water partition coefficient (Wildman–Crippen LogP) is 7.00. The van der Waals surface area contributed by atoms with E-state index >= 15 is 0 Å². The second-order valence-corrected chi connectivity index (χ2v) is 11.2. The van der Waals surface area contributed by atoms with Crippen molar-refractivity contribution in [3.05, 3.63) is 29.3 Å². The van der Waals surface area contributed by atoms with E-state index in [4.69, 9.17) is 0 Å². The minimum atomic E-state index is -5.80. The van der Waals surface area contributed by atoms with Gasteiger partial charge in [0, 0.05) is 44.0 Å². The molecule has 1 spiro atoms. The second-order valence-electron chi connectivity index (χ2n) is 11.2. The summed E-state index contributed by atoms with van der Waals surface area (Å²) in [5.74, 6) is 0.355. The van der Waals surface area contributed by atoms with E-state index < -0.39 is 41.8 Å². The molecular formula is C26H32F9N3O2. The maximum absolute atomic E-state index is 13.8. The van der Waals surface area contributed by atoms with Crippen LogP contribution in [0.2, 0.25) is 0 Å². The van der Waals surface area contributed by atoms with Crippen LogP contribution in [-0.4, -0.2) is 72.6 Å². The average Bonchev–Trinajstić information content (AvgIpc) is 3.21. The van der Waals surface area contributed by atoms with Crippen molar-refractivity contribution in [1.82, 2.24) is 9.80 Å². The lowest BCUT2D eigenvalue weighted by atomic mass is 9.84. The SMILES string of the molecule is CC1CCCN(c2cc(CN3CCCC34CCN(C(=O)OC(C(F)(F)F)C(F)(F)F)CC4)cc(C(F)(F)F)c2)C1. The molecular weight excluding hydrogens is 557 g/mol. The molecule has 1 amide bonds. The van der Waals surface area contributed by atoms with Crippen molar-refractivity contribution >= 4 is 11.8 Å². The molecule has 3 fully saturated rings. The first-order valence-corrected chi connectivity index (χ1v) is 13.3. The number of ether oxygens (including phenoxy) is 1. The fourth-order valence-electron chi connectivity index (χ4n) is 6.16. The van der Waals surface area contributed by atoms with Crippen LogP contribution in [-0.2, 0) is 17.5 Å². The number of carbonyl (C=O) groups is 1. The molecule has 0 bridgehead atoms. The van der Waals surface area contributed by atoms with E-state index in [1.165, 1.54) is 6.07 Å². The molecule has 226 valence electrons. The molecule has 1 unspecified atom stereocenters. The normalized spacial score (nSPS) is 22.8. The Labute approximate surface area is 226 Å². The molecule has 3 saturated heterocycles. The van der Waals surface area contributed by atoms with E-state index in [2.05, 4.69) is 11.7 Å². The van der Waals surface area contributed by atoms with Crippen LogP contribution in [0.1, 0.15) is 56.6 Å². The molecule has 14 heteroatoms. The van der Waals surface area contributed by atoms with Gasteiger partial charge in [0.05, 0.1) is 5.56 Å². The quantitative estimate of drug-likeness (QED) is 0.355. The Morgan fingerprint density at radius 3 is 2.15 bits per heavy atom. The molecule has 0 radical (unpaired) electrons. The molecule has 3 aliphatic rings. The van der Waals surface area contributed by atoms with E-state index in [0.29, 0.717) is 43.2 Å². The van der Waals surface area contributed by atoms with Crippen LogP contribution in [0, 0.1) is 5.92 Å². The molecule has 40 heavy (non-hydrogen) atoms. The number of halogens is 9. The van der Waals surface area contributed by atoms with Crippen molar-refractivity contribution in [3.63, 3.8) is 0 Å². The summed E-state index contributed by atoms with van der Waals surface area (Å²) in [6.45, 7) is 3.89. The first-order valence-electron chi connectivity index (χ1n) is 13.3. The largest absolute Gasteiger partial charge is 0.434 e. The minimum Gasteiger partial charge on any atom is -0.426 e. The average molecular weight is 590 g/mol. The smallest absolute Gasteiger partial charge is 0.426 e. The summed E-state index contributed by atoms with van der Waals surface area (Å²) in [5.41, 5.74) is -0.290. The number of hydrogen-bond donors (Lipinski definition) is 0. The van der Waals surface area contributed by atoms with Gasteiger partial charge >= 0.3 is 24.6 Å². The molecule has 0 aliphatic carbocycles. The van der Waals surface area contributed by atoms with Gasteiger partial charge in [-0.2, -0.15) is 39.5 Å². The van der Waals surface area contributed by atoms with Gasteiger partial charge in [-0.3, -0.25) is 4.90 Å². The van der Waals surface area contributed by atoms with Gasteiger partial charge in [0.2, 0.25) is 0 Å². The second kappa shape index (κ2) is 11.1. The summed E-state index contributed by atoms with van der Waals surface area (Å²) in [7, 11) is 0. The number of piperidine rings is 2. The van der Waals surface area contributed by atoms with Crippen LogP contribution in [0.25, 0.3) is 0 Å². The summed E-state index contributed by atoms with van der Waals surface area (Å²) in [4.78, 5) is 17.0. The number of amides is 1. The highest BCUT2D eigenvalue weighted by atomic mass is 19.4. The van der Waals surface area contributed by atoms with Crippen LogP contribution in [0.4, 0.5) is 50.0 Å². The summed E-state index contributed by atoms with van der Waals surface area (Å²) < 4.78 is 122. The zero-order chi connectivity index (χ0) is 29.5. The standard InChI is InChI=1S/C26H32F9N3O2/c1-17-4-2-8-37(15-17)20-13-18(12-19(14-20)24(27,28)29)16-38-9-3-5-23(38)6-10-36(11-7-23)22(39)40-21(25(30,31)32)26(33,34)35/h12-14,17,21H,2-11,15-16H2,1H3. The molecule has 0 aromatic heterocycles. The molecule has 1 aromatic carbocycles. The highest BCUT2D eigenvalue weighted by Gasteiger charge is 2.60. The molecule has 1 aromatic rings. The first kappa shape index (κ1) is 30.6. The monoisotopic (exact) mass is 589 g/mol. The lowest BCUT2D eigenvalue weighted by Gasteiger charge is -2.45. The zero-order valence-corrected chi connectivity index (χ0v) is 21.9. The summed E-state index contributed by atoms with van der Waals surface area (Å²) in [5, 5.41) is 0. The van der Waals surface area contributed by atoms with Crippen LogP contribution < -0.4 is 4.90 Å². The highest BCUT2D eigenvalue weighted by molar-refractivity contribution is 5.68. The number of nitrogens with zero attached hydrogens (tertiary/aromatic N) is 3.